The summed E-state index contributed by atoms with van der Waals surface area (Å²) in [5.74, 6) is 0.492. The maximum atomic E-state index is 10.3. The van der Waals surface area contributed by atoms with Crippen molar-refractivity contribution in [3.63, 3.8) is 0 Å². The predicted octanol–water partition coefficient (Wildman–Crippen LogP) is 2.57. The van der Waals surface area contributed by atoms with Crippen molar-refractivity contribution in [2.45, 2.75) is 50.9 Å². The summed E-state index contributed by atoms with van der Waals surface area (Å²) in [6.45, 7) is 2.80. The average Bonchev–Trinajstić information content (AvgIpc) is 3.10. The number of phenols is 1. The molecular formula is C15H21NO. The Morgan fingerprint density at radius 2 is 1.88 bits per heavy atom. The van der Waals surface area contributed by atoms with Crippen LogP contribution in [0, 0.1) is 6.92 Å². The number of aryl methyl sites for hydroxylation is 1. The topological polar surface area (TPSA) is 46.2 Å². The summed E-state index contributed by atoms with van der Waals surface area (Å²) in [6, 6.07) is 1.95. The first-order valence-electron chi connectivity index (χ1n) is 6.73. The zero-order valence-corrected chi connectivity index (χ0v) is 10.6. The van der Waals surface area contributed by atoms with Gasteiger partial charge in [0, 0.05) is 17.5 Å². The highest BCUT2D eigenvalue weighted by molar-refractivity contribution is 5.55. The molecule has 1 aromatic carbocycles. The second-order valence-electron chi connectivity index (χ2n) is 5.74. The van der Waals surface area contributed by atoms with Crippen LogP contribution in [0.25, 0.3) is 0 Å². The molecule has 3 rings (SSSR count). The lowest BCUT2D eigenvalue weighted by Crippen LogP contribution is -2.23. The largest absolute Gasteiger partial charge is 0.508 e. The molecule has 92 valence electrons. The summed E-state index contributed by atoms with van der Waals surface area (Å²) >= 11 is 0. The van der Waals surface area contributed by atoms with Crippen LogP contribution in [0.5, 0.6) is 5.75 Å². The van der Waals surface area contributed by atoms with Crippen LogP contribution in [-0.4, -0.2) is 11.7 Å². The average molecular weight is 231 g/mol. The molecule has 1 fully saturated rings. The lowest BCUT2D eigenvalue weighted by Gasteiger charge is -2.26. The van der Waals surface area contributed by atoms with E-state index >= 15 is 0 Å². The van der Waals surface area contributed by atoms with Gasteiger partial charge in [-0.1, -0.05) is 0 Å². The summed E-state index contributed by atoms with van der Waals surface area (Å²) in [6.07, 6.45) is 7.13. The molecule has 17 heavy (non-hydrogen) atoms. The number of hydrogen-bond donors (Lipinski definition) is 2. The minimum Gasteiger partial charge on any atom is -0.508 e. The molecule has 0 aliphatic heterocycles. The second-order valence-corrected chi connectivity index (χ2v) is 5.74. The molecule has 2 aliphatic carbocycles. The smallest absolute Gasteiger partial charge is 0.119 e. The summed E-state index contributed by atoms with van der Waals surface area (Å²) in [7, 11) is 0. The van der Waals surface area contributed by atoms with Crippen LogP contribution in [0.15, 0.2) is 6.07 Å². The first-order chi connectivity index (χ1) is 8.18. The van der Waals surface area contributed by atoms with Crippen molar-refractivity contribution < 1.29 is 5.11 Å². The molecule has 0 amide bonds. The van der Waals surface area contributed by atoms with Crippen LogP contribution >= 0.6 is 0 Å². The van der Waals surface area contributed by atoms with Gasteiger partial charge in [-0.15, -0.1) is 0 Å². The van der Waals surface area contributed by atoms with E-state index in [4.69, 9.17) is 5.73 Å². The van der Waals surface area contributed by atoms with Crippen molar-refractivity contribution in [1.82, 2.24) is 0 Å². The standard InChI is InChI=1S/C15H21NO/c1-10-8-13(17)14(15(9-16)6-7-15)12-5-3-2-4-11(10)12/h8,17H,2-7,9,16H2,1H3. The molecule has 3 N–H and O–H groups in total. The van der Waals surface area contributed by atoms with E-state index in [1.807, 2.05) is 6.07 Å². The molecule has 2 aliphatic rings. The molecule has 0 radical (unpaired) electrons. The molecule has 1 saturated carbocycles. The molecule has 0 bridgehead atoms. The van der Waals surface area contributed by atoms with Gasteiger partial charge >= 0.3 is 0 Å². The normalized spacial score (nSPS) is 21.1. The highest BCUT2D eigenvalue weighted by Gasteiger charge is 2.46. The number of fused-ring (bicyclic) bond motifs is 1. The van der Waals surface area contributed by atoms with Crippen molar-refractivity contribution in [2.75, 3.05) is 6.54 Å². The number of aromatic hydroxyl groups is 1. The Hall–Kier alpha value is -1.02. The fourth-order valence-corrected chi connectivity index (χ4v) is 3.43. The van der Waals surface area contributed by atoms with Crippen LogP contribution in [0.4, 0.5) is 0 Å². The Balaban J connectivity index is 2.20. The molecule has 0 spiro atoms. The number of benzene rings is 1. The van der Waals surface area contributed by atoms with E-state index < -0.39 is 0 Å². The fraction of sp³-hybridized carbons (Fsp3) is 0.600. The highest BCUT2D eigenvalue weighted by atomic mass is 16.3. The monoisotopic (exact) mass is 231 g/mol. The van der Waals surface area contributed by atoms with Crippen molar-refractivity contribution in [2.24, 2.45) is 5.73 Å². The minimum atomic E-state index is 0.110. The van der Waals surface area contributed by atoms with Crippen LogP contribution in [0.3, 0.4) is 0 Å². The summed E-state index contributed by atoms with van der Waals surface area (Å²) in [5, 5.41) is 10.3. The lowest BCUT2D eigenvalue weighted by atomic mass is 9.79. The molecule has 2 heteroatoms. The van der Waals surface area contributed by atoms with Crippen molar-refractivity contribution in [3.05, 3.63) is 28.3 Å². The highest BCUT2D eigenvalue weighted by Crippen LogP contribution is 2.53. The van der Waals surface area contributed by atoms with E-state index in [1.165, 1.54) is 41.5 Å². The van der Waals surface area contributed by atoms with Gasteiger partial charge in [-0.25, -0.2) is 0 Å². The van der Waals surface area contributed by atoms with Crippen LogP contribution < -0.4 is 5.73 Å². The van der Waals surface area contributed by atoms with Gasteiger partial charge in [0.2, 0.25) is 0 Å². The molecular weight excluding hydrogens is 210 g/mol. The van der Waals surface area contributed by atoms with Gasteiger partial charge in [0.1, 0.15) is 5.75 Å². The SMILES string of the molecule is Cc1cc(O)c(C2(CN)CC2)c2c1CCCC2. The number of nitrogens with two attached hydrogens (primary N) is 1. The Morgan fingerprint density at radius 1 is 1.24 bits per heavy atom. The molecule has 0 saturated heterocycles. The number of rotatable bonds is 2. The zero-order valence-electron chi connectivity index (χ0n) is 10.6. The van der Waals surface area contributed by atoms with Crippen molar-refractivity contribution >= 4 is 0 Å². The Labute approximate surface area is 103 Å². The van der Waals surface area contributed by atoms with Gasteiger partial charge in [-0.3, -0.25) is 0 Å². The van der Waals surface area contributed by atoms with E-state index in [2.05, 4.69) is 6.92 Å². The van der Waals surface area contributed by atoms with E-state index in [0.29, 0.717) is 12.3 Å². The third-order valence-corrected chi connectivity index (χ3v) is 4.63. The second kappa shape index (κ2) is 3.74. The molecule has 2 nitrogen and oxygen atoms in total. The zero-order chi connectivity index (χ0) is 12.0. The summed E-state index contributed by atoms with van der Waals surface area (Å²) in [4.78, 5) is 0. The van der Waals surface area contributed by atoms with Crippen LogP contribution in [0.1, 0.15) is 47.9 Å². The lowest BCUT2D eigenvalue weighted by molar-refractivity contribution is 0.454. The number of phenolic OH excluding ortho intramolecular Hbond substituents is 1. The number of hydrogen-bond acceptors (Lipinski definition) is 2. The van der Waals surface area contributed by atoms with E-state index in [-0.39, 0.29) is 5.41 Å². The summed E-state index contributed by atoms with van der Waals surface area (Å²) in [5.41, 5.74) is 11.4. The maximum absolute atomic E-state index is 10.3. The minimum absolute atomic E-state index is 0.110. The van der Waals surface area contributed by atoms with E-state index in [0.717, 1.165) is 19.3 Å². The quantitative estimate of drug-likeness (QED) is 0.821. The fourth-order valence-electron chi connectivity index (χ4n) is 3.43. The van der Waals surface area contributed by atoms with Gasteiger partial charge in [0.05, 0.1) is 0 Å². The predicted molar refractivity (Wildman–Crippen MR) is 69.5 cm³/mol. The molecule has 0 aromatic heterocycles. The van der Waals surface area contributed by atoms with Gasteiger partial charge in [0.15, 0.2) is 0 Å². The van der Waals surface area contributed by atoms with E-state index in [1.54, 1.807) is 0 Å². The van der Waals surface area contributed by atoms with Crippen molar-refractivity contribution in [1.29, 1.82) is 0 Å². The van der Waals surface area contributed by atoms with Crippen molar-refractivity contribution in [3.8, 4) is 5.75 Å². The third kappa shape index (κ3) is 1.58. The first kappa shape index (κ1) is 11.1. The Bertz CT molecular complexity index is 460. The third-order valence-electron chi connectivity index (χ3n) is 4.63. The van der Waals surface area contributed by atoms with Crippen LogP contribution in [-0.2, 0) is 18.3 Å². The first-order valence-corrected chi connectivity index (χ1v) is 6.73. The van der Waals surface area contributed by atoms with E-state index in [9.17, 15) is 5.11 Å². The maximum Gasteiger partial charge on any atom is 0.119 e. The Kier molecular flexibility index (Phi) is 2.44. The van der Waals surface area contributed by atoms with Gasteiger partial charge in [0.25, 0.3) is 0 Å². The summed E-state index contributed by atoms with van der Waals surface area (Å²) < 4.78 is 0. The molecule has 0 unspecified atom stereocenters. The van der Waals surface area contributed by atoms with Crippen LogP contribution in [0.2, 0.25) is 0 Å². The Morgan fingerprint density at radius 3 is 2.47 bits per heavy atom. The molecule has 1 aromatic rings. The molecule has 0 heterocycles. The van der Waals surface area contributed by atoms with Gasteiger partial charge in [-0.2, -0.15) is 0 Å². The molecule has 0 atom stereocenters. The van der Waals surface area contributed by atoms with Gasteiger partial charge < -0.3 is 10.8 Å². The van der Waals surface area contributed by atoms with Gasteiger partial charge in [-0.05, 0) is 68.2 Å².